The third kappa shape index (κ3) is 43.7. The molecule has 9 heteroatoms. The van der Waals surface area contributed by atoms with E-state index in [-0.39, 0.29) is 22.9 Å². The maximum absolute atomic E-state index is 13.0. The SMILES string of the molecule is CCCCCCCCC(CCCCCCCC)OC=O.CCCCCCCCCOC(=O)CCCCCCCN(CCCCCCCC)c1c(NCCN(CCCCCCCC)CCCCCCCC)c(=O)c1=O. The van der Waals surface area contributed by atoms with E-state index in [9.17, 15) is 19.2 Å². The lowest BCUT2D eigenvalue weighted by Crippen LogP contribution is -2.44. The van der Waals surface area contributed by atoms with Crippen molar-refractivity contribution in [3.63, 3.8) is 0 Å². The van der Waals surface area contributed by atoms with Crippen molar-refractivity contribution in [2.45, 2.75) is 337 Å². The van der Waals surface area contributed by atoms with Crippen LogP contribution in [0.1, 0.15) is 330 Å². The van der Waals surface area contributed by atoms with Gasteiger partial charge in [-0.1, -0.05) is 260 Å². The van der Waals surface area contributed by atoms with Crippen molar-refractivity contribution in [1.82, 2.24) is 4.90 Å². The molecule has 1 aromatic rings. The summed E-state index contributed by atoms with van der Waals surface area (Å²) in [6, 6.07) is 0. The highest BCUT2D eigenvalue weighted by Crippen LogP contribution is 2.23. The highest BCUT2D eigenvalue weighted by atomic mass is 16.5. The van der Waals surface area contributed by atoms with Crippen LogP contribution in [0.4, 0.5) is 11.4 Å². The standard InChI is InChI=1S/C47H89N3O4.C18H36O2/c1-5-9-13-17-21-28-34-42-54-43(51)35-29-23-22-27-33-40-50(39-32-26-20-16-12-8-4)45-44(46(52)47(45)53)48-36-41-49(37-30-24-18-14-10-6-2)38-31-25-19-15-11-7-3;1-3-5-7-9-11-13-15-18(20-17-19)16-14-12-10-8-6-4-2/h48H,5-42H2,1-4H3;17-18H,3-16H2,1-2H3. The molecule has 0 radical (unpaired) electrons. The first-order chi connectivity index (χ1) is 36.3. The molecule has 0 spiro atoms. The summed E-state index contributed by atoms with van der Waals surface area (Å²) >= 11 is 0. The molecule has 0 aliphatic carbocycles. The number of nitrogens with zero attached hydrogens (tertiary/aromatic N) is 2. The maximum Gasteiger partial charge on any atom is 0.305 e. The van der Waals surface area contributed by atoms with E-state index in [4.69, 9.17) is 9.47 Å². The molecule has 0 heterocycles. The third-order valence-electron chi connectivity index (χ3n) is 15.2. The minimum atomic E-state index is -0.338. The van der Waals surface area contributed by atoms with E-state index in [1.54, 1.807) is 0 Å². The van der Waals surface area contributed by atoms with E-state index < -0.39 is 0 Å². The Bertz CT molecular complexity index is 1360. The second kappa shape index (κ2) is 56.8. The van der Waals surface area contributed by atoms with Gasteiger partial charge in [0, 0.05) is 32.6 Å². The van der Waals surface area contributed by atoms with Crippen LogP contribution in [0.2, 0.25) is 0 Å². The zero-order valence-electron chi connectivity index (χ0n) is 50.3. The molecule has 0 saturated carbocycles. The minimum absolute atomic E-state index is 0.0563. The van der Waals surface area contributed by atoms with E-state index in [1.807, 2.05) is 0 Å². The highest BCUT2D eigenvalue weighted by Gasteiger charge is 2.26. The van der Waals surface area contributed by atoms with Crippen molar-refractivity contribution < 1.29 is 19.1 Å². The topological polar surface area (TPSA) is 105 Å². The summed E-state index contributed by atoms with van der Waals surface area (Å²) in [7, 11) is 0. The lowest BCUT2D eigenvalue weighted by Gasteiger charge is -2.29. The first kappa shape index (κ1) is 71.6. The normalized spacial score (nSPS) is 11.4. The molecule has 1 N–H and O–H groups in total. The van der Waals surface area contributed by atoms with Gasteiger partial charge in [0.15, 0.2) is 0 Å². The van der Waals surface area contributed by atoms with E-state index >= 15 is 0 Å². The Hall–Kier alpha value is -2.42. The van der Waals surface area contributed by atoms with Gasteiger partial charge in [0.2, 0.25) is 0 Å². The van der Waals surface area contributed by atoms with Crippen molar-refractivity contribution >= 4 is 23.8 Å². The van der Waals surface area contributed by atoms with Gasteiger partial charge in [-0.3, -0.25) is 19.2 Å². The van der Waals surface area contributed by atoms with Crippen LogP contribution < -0.4 is 21.1 Å². The van der Waals surface area contributed by atoms with Gasteiger partial charge in [-0.2, -0.15) is 0 Å². The molecule has 0 unspecified atom stereocenters. The Labute approximate surface area is 459 Å². The second-order valence-corrected chi connectivity index (χ2v) is 22.3. The number of hydrogen-bond acceptors (Lipinski definition) is 9. The number of rotatable bonds is 58. The van der Waals surface area contributed by atoms with E-state index in [1.165, 1.54) is 212 Å². The average molecular weight is 1040 g/mol. The number of esters is 1. The van der Waals surface area contributed by atoms with Crippen molar-refractivity contribution in [3.8, 4) is 0 Å². The number of carbonyl (C=O) groups excluding carboxylic acids is 2. The maximum atomic E-state index is 13.0. The molecule has 436 valence electrons. The van der Waals surface area contributed by atoms with Crippen LogP contribution in [-0.2, 0) is 19.1 Å². The Morgan fingerprint density at radius 1 is 0.432 bits per heavy atom. The number of ether oxygens (including phenoxy) is 2. The van der Waals surface area contributed by atoms with E-state index in [0.29, 0.717) is 37.4 Å². The van der Waals surface area contributed by atoms with Crippen LogP contribution in [-0.4, -0.2) is 69.3 Å². The quantitative estimate of drug-likeness (QED) is 0.0295. The lowest BCUT2D eigenvalue weighted by atomic mass is 10.0. The van der Waals surface area contributed by atoms with Gasteiger partial charge in [-0.05, 0) is 77.3 Å². The van der Waals surface area contributed by atoms with E-state index in [2.05, 4.69) is 56.7 Å². The number of hydrogen-bond donors (Lipinski definition) is 1. The summed E-state index contributed by atoms with van der Waals surface area (Å²) < 4.78 is 10.7. The zero-order chi connectivity index (χ0) is 54.2. The molecule has 0 aliphatic rings. The number of carbonyl (C=O) groups is 2. The summed E-state index contributed by atoms with van der Waals surface area (Å²) in [5, 5.41) is 3.46. The van der Waals surface area contributed by atoms with Crippen LogP contribution in [0.3, 0.4) is 0 Å². The Balaban J connectivity index is 0.00000223. The molecular weight excluding hydrogens is 919 g/mol. The summed E-state index contributed by atoms with van der Waals surface area (Å²) in [5.74, 6) is -0.0563. The van der Waals surface area contributed by atoms with Crippen molar-refractivity contribution in [2.75, 3.05) is 56.1 Å². The Kier molecular flexibility index (Phi) is 54.9. The van der Waals surface area contributed by atoms with Gasteiger partial charge < -0.3 is 24.6 Å². The molecule has 0 fully saturated rings. The third-order valence-corrected chi connectivity index (χ3v) is 15.2. The number of anilines is 2. The second-order valence-electron chi connectivity index (χ2n) is 22.3. The fourth-order valence-electron chi connectivity index (χ4n) is 10.3. The minimum Gasteiger partial charge on any atom is -0.466 e. The molecule has 0 aromatic heterocycles. The van der Waals surface area contributed by atoms with Gasteiger partial charge in [0.05, 0.1) is 6.61 Å². The Morgan fingerprint density at radius 3 is 1.19 bits per heavy atom. The van der Waals surface area contributed by atoms with Crippen LogP contribution in [0.5, 0.6) is 0 Å². The van der Waals surface area contributed by atoms with Gasteiger partial charge in [0.1, 0.15) is 17.5 Å². The molecule has 0 saturated heterocycles. The van der Waals surface area contributed by atoms with Gasteiger partial charge in [-0.15, -0.1) is 0 Å². The fraction of sp³-hybridized carbons (Fsp3) is 0.908. The first-order valence-electron chi connectivity index (χ1n) is 32.6. The van der Waals surface area contributed by atoms with Crippen LogP contribution in [0, 0.1) is 0 Å². The monoisotopic (exact) mass is 1040 g/mol. The van der Waals surface area contributed by atoms with Crippen molar-refractivity contribution in [3.05, 3.63) is 20.4 Å². The Morgan fingerprint density at radius 2 is 0.784 bits per heavy atom. The number of unbranched alkanes of at least 4 members (excludes halogenated alkanes) is 35. The molecule has 0 bridgehead atoms. The summed E-state index contributed by atoms with van der Waals surface area (Å²) in [6.45, 7) is 20.2. The summed E-state index contributed by atoms with van der Waals surface area (Å²) in [4.78, 5) is 53.5. The largest absolute Gasteiger partial charge is 0.466 e. The van der Waals surface area contributed by atoms with Gasteiger partial charge in [-0.25, -0.2) is 0 Å². The lowest BCUT2D eigenvalue weighted by molar-refractivity contribution is -0.144. The average Bonchev–Trinajstić information content (AvgIpc) is 3.40. The van der Waals surface area contributed by atoms with Gasteiger partial charge in [0.25, 0.3) is 17.3 Å². The molecule has 0 atom stereocenters. The first-order valence-corrected chi connectivity index (χ1v) is 32.6. The summed E-state index contributed by atoms with van der Waals surface area (Å²) in [6.07, 6.45) is 54.9. The molecule has 0 aliphatic heterocycles. The van der Waals surface area contributed by atoms with E-state index in [0.717, 1.165) is 103 Å². The molecule has 1 rings (SSSR count). The van der Waals surface area contributed by atoms with Crippen LogP contribution in [0.15, 0.2) is 9.59 Å². The highest BCUT2D eigenvalue weighted by molar-refractivity contribution is 5.75. The fourth-order valence-corrected chi connectivity index (χ4v) is 10.3. The predicted molar refractivity (Wildman–Crippen MR) is 322 cm³/mol. The predicted octanol–water partition coefficient (Wildman–Crippen LogP) is 18.5. The smallest absolute Gasteiger partial charge is 0.305 e. The van der Waals surface area contributed by atoms with Crippen molar-refractivity contribution in [1.29, 1.82) is 0 Å². The molecule has 74 heavy (non-hydrogen) atoms. The zero-order valence-corrected chi connectivity index (χ0v) is 50.3. The molecule has 0 amide bonds. The molecule has 1 aromatic carbocycles. The van der Waals surface area contributed by atoms with Crippen LogP contribution in [0.25, 0.3) is 0 Å². The van der Waals surface area contributed by atoms with Crippen LogP contribution >= 0.6 is 0 Å². The van der Waals surface area contributed by atoms with Crippen molar-refractivity contribution in [2.24, 2.45) is 0 Å². The molecule has 9 nitrogen and oxygen atoms in total. The number of nitrogens with one attached hydrogen (secondary N) is 1. The van der Waals surface area contributed by atoms with Gasteiger partial charge >= 0.3 is 5.97 Å². The molecular formula is C65H125N3O6. The summed E-state index contributed by atoms with van der Waals surface area (Å²) in [5.41, 5.74) is 0.542.